The molecule has 0 unspecified atom stereocenters. The Labute approximate surface area is 144 Å². The quantitative estimate of drug-likeness (QED) is 0.703. The standard InChI is InChI=1S/C15H16N6O3S/c1-2-3-7-15(19-20-15)8-9-17-13(22)12-18-14(25(16,23)24)11-6-4-5-10-21(11)12/h1,4-6,10H,3,7-9H2,(H,17,22)(H2,16,23,24). The molecular weight excluding hydrogens is 344 g/mol. The Balaban J connectivity index is 1.74. The highest BCUT2D eigenvalue weighted by molar-refractivity contribution is 7.89. The lowest BCUT2D eigenvalue weighted by molar-refractivity contribution is 0.0940. The van der Waals surface area contributed by atoms with E-state index in [1.165, 1.54) is 10.5 Å². The predicted octanol–water partition coefficient (Wildman–Crippen LogP) is 0.677. The third-order valence-electron chi connectivity index (χ3n) is 3.85. The molecule has 3 N–H and O–H groups in total. The fraction of sp³-hybridized carbons (Fsp3) is 0.333. The van der Waals surface area contributed by atoms with Gasteiger partial charge in [0.25, 0.3) is 15.9 Å². The number of terminal acetylenes is 1. The van der Waals surface area contributed by atoms with E-state index in [-0.39, 0.29) is 16.4 Å². The van der Waals surface area contributed by atoms with E-state index in [0.29, 0.717) is 25.8 Å². The van der Waals surface area contributed by atoms with E-state index in [4.69, 9.17) is 11.6 Å². The highest BCUT2D eigenvalue weighted by Gasteiger charge is 2.38. The second-order valence-corrected chi connectivity index (χ2v) is 7.11. The molecule has 0 fully saturated rings. The first kappa shape index (κ1) is 17.1. The number of pyridine rings is 1. The lowest BCUT2D eigenvalue weighted by atomic mass is 10.0. The number of imidazole rings is 1. The van der Waals surface area contributed by atoms with Crippen LogP contribution in [0.25, 0.3) is 5.52 Å². The topological polar surface area (TPSA) is 131 Å². The number of primary sulfonamides is 1. The molecule has 1 aliphatic heterocycles. The summed E-state index contributed by atoms with van der Waals surface area (Å²) < 4.78 is 24.7. The zero-order valence-corrected chi connectivity index (χ0v) is 14.0. The largest absolute Gasteiger partial charge is 0.349 e. The minimum Gasteiger partial charge on any atom is -0.349 e. The maximum absolute atomic E-state index is 12.4. The van der Waals surface area contributed by atoms with Crippen LogP contribution in [0.3, 0.4) is 0 Å². The molecule has 0 bridgehead atoms. The van der Waals surface area contributed by atoms with Crippen LogP contribution in [0.1, 0.15) is 29.9 Å². The van der Waals surface area contributed by atoms with E-state index in [1.54, 1.807) is 18.3 Å². The number of rotatable bonds is 7. The summed E-state index contributed by atoms with van der Waals surface area (Å²) >= 11 is 0. The van der Waals surface area contributed by atoms with Gasteiger partial charge in [-0.2, -0.15) is 10.2 Å². The van der Waals surface area contributed by atoms with Crippen LogP contribution in [0, 0.1) is 12.3 Å². The molecule has 2 aromatic heterocycles. The molecule has 3 heterocycles. The van der Waals surface area contributed by atoms with Crippen molar-refractivity contribution >= 4 is 21.4 Å². The molecule has 10 heteroatoms. The molecule has 3 rings (SSSR count). The molecule has 2 aromatic rings. The molecule has 130 valence electrons. The highest BCUT2D eigenvalue weighted by Crippen LogP contribution is 2.36. The summed E-state index contributed by atoms with van der Waals surface area (Å²) in [5.74, 6) is 1.97. The van der Waals surface area contributed by atoms with E-state index in [0.717, 1.165) is 0 Å². The Kier molecular flexibility index (Phi) is 4.28. The van der Waals surface area contributed by atoms with Crippen molar-refractivity contribution in [3.05, 3.63) is 30.2 Å². The number of nitrogens with two attached hydrogens (primary N) is 1. The van der Waals surface area contributed by atoms with Crippen molar-refractivity contribution in [3.63, 3.8) is 0 Å². The van der Waals surface area contributed by atoms with Gasteiger partial charge in [-0.05, 0) is 12.1 Å². The van der Waals surface area contributed by atoms with Crippen molar-refractivity contribution in [2.75, 3.05) is 6.54 Å². The molecule has 9 nitrogen and oxygen atoms in total. The van der Waals surface area contributed by atoms with Crippen LogP contribution < -0.4 is 10.5 Å². The first-order valence-corrected chi connectivity index (χ1v) is 9.07. The number of nitrogens with one attached hydrogen (secondary N) is 1. The van der Waals surface area contributed by atoms with Crippen LogP contribution in [-0.2, 0) is 10.0 Å². The molecule has 0 atom stereocenters. The third-order valence-corrected chi connectivity index (χ3v) is 4.69. The van der Waals surface area contributed by atoms with Crippen molar-refractivity contribution in [1.82, 2.24) is 14.7 Å². The number of hydrogen-bond donors (Lipinski definition) is 2. The van der Waals surface area contributed by atoms with Gasteiger partial charge in [-0.3, -0.25) is 9.20 Å². The Morgan fingerprint density at radius 2 is 2.12 bits per heavy atom. The second kappa shape index (κ2) is 6.27. The molecule has 1 aliphatic rings. The van der Waals surface area contributed by atoms with Crippen LogP contribution in [-0.4, -0.2) is 35.9 Å². The van der Waals surface area contributed by atoms with E-state index in [9.17, 15) is 13.2 Å². The zero-order chi connectivity index (χ0) is 18.1. The minimum atomic E-state index is -4.05. The summed E-state index contributed by atoms with van der Waals surface area (Å²) in [7, 11) is -4.05. The van der Waals surface area contributed by atoms with E-state index >= 15 is 0 Å². The van der Waals surface area contributed by atoms with Gasteiger partial charge >= 0.3 is 0 Å². The summed E-state index contributed by atoms with van der Waals surface area (Å²) in [5, 5.41) is 15.5. The average molecular weight is 360 g/mol. The number of sulfonamides is 1. The number of carbonyl (C=O) groups is 1. The average Bonchev–Trinajstić information content (AvgIpc) is 3.21. The van der Waals surface area contributed by atoms with E-state index in [2.05, 4.69) is 26.4 Å². The van der Waals surface area contributed by atoms with Gasteiger partial charge in [0.2, 0.25) is 5.82 Å². The SMILES string of the molecule is C#CCCC1(CCNC(=O)c2nc(S(N)(=O)=O)c3ccccn23)N=N1. The minimum absolute atomic E-state index is 0.0537. The monoisotopic (exact) mass is 360 g/mol. The molecule has 0 aromatic carbocycles. The number of carbonyl (C=O) groups excluding carboxylic acids is 1. The third kappa shape index (κ3) is 3.52. The molecule has 0 aliphatic carbocycles. The van der Waals surface area contributed by atoms with Crippen molar-refractivity contribution in [3.8, 4) is 12.3 Å². The Morgan fingerprint density at radius 1 is 1.36 bits per heavy atom. The molecule has 0 saturated carbocycles. The molecular formula is C15H16N6O3S. The van der Waals surface area contributed by atoms with Gasteiger partial charge in [0.1, 0.15) is 0 Å². The molecule has 1 amide bonds. The van der Waals surface area contributed by atoms with Crippen LogP contribution in [0.2, 0.25) is 0 Å². The number of aromatic nitrogens is 2. The molecule has 25 heavy (non-hydrogen) atoms. The van der Waals surface area contributed by atoms with Crippen LogP contribution >= 0.6 is 0 Å². The van der Waals surface area contributed by atoms with Crippen LogP contribution in [0.5, 0.6) is 0 Å². The molecule has 0 saturated heterocycles. The maximum atomic E-state index is 12.4. The van der Waals surface area contributed by atoms with Gasteiger partial charge in [0.05, 0.1) is 5.52 Å². The summed E-state index contributed by atoms with van der Waals surface area (Å²) in [6.07, 6.45) is 8.50. The zero-order valence-electron chi connectivity index (χ0n) is 13.2. The fourth-order valence-electron chi connectivity index (χ4n) is 2.50. The molecule has 0 radical (unpaired) electrons. The fourth-order valence-corrected chi connectivity index (χ4v) is 3.17. The van der Waals surface area contributed by atoms with Crippen molar-refractivity contribution in [1.29, 1.82) is 0 Å². The number of fused-ring (bicyclic) bond motifs is 1. The van der Waals surface area contributed by atoms with Gasteiger partial charge in [-0.15, -0.1) is 12.3 Å². The predicted molar refractivity (Wildman–Crippen MR) is 89.2 cm³/mol. The highest BCUT2D eigenvalue weighted by atomic mass is 32.2. The smallest absolute Gasteiger partial charge is 0.287 e. The second-order valence-electron chi connectivity index (χ2n) is 5.63. The van der Waals surface area contributed by atoms with Gasteiger partial charge < -0.3 is 5.32 Å². The van der Waals surface area contributed by atoms with Gasteiger partial charge in [-0.25, -0.2) is 18.5 Å². The lowest BCUT2D eigenvalue weighted by Gasteiger charge is -2.09. The summed E-state index contributed by atoms with van der Waals surface area (Å²) in [4.78, 5) is 16.3. The number of nitrogens with zero attached hydrogens (tertiary/aromatic N) is 4. The maximum Gasteiger partial charge on any atom is 0.287 e. The first-order valence-electron chi connectivity index (χ1n) is 7.52. The normalized spacial score (nSPS) is 15.0. The van der Waals surface area contributed by atoms with Crippen molar-refractivity contribution in [2.45, 2.75) is 30.0 Å². The first-order chi connectivity index (χ1) is 11.9. The lowest BCUT2D eigenvalue weighted by Crippen LogP contribution is -2.29. The Hall–Kier alpha value is -2.77. The van der Waals surface area contributed by atoms with Crippen molar-refractivity contribution in [2.24, 2.45) is 15.4 Å². The Bertz CT molecular complexity index is 996. The summed E-state index contributed by atoms with van der Waals surface area (Å²) in [6.45, 7) is 0.308. The van der Waals surface area contributed by atoms with Gasteiger partial charge in [-0.1, -0.05) is 6.07 Å². The number of hydrogen-bond acceptors (Lipinski definition) is 6. The Morgan fingerprint density at radius 3 is 2.76 bits per heavy atom. The summed E-state index contributed by atoms with van der Waals surface area (Å²) in [5.41, 5.74) is -0.257. The van der Waals surface area contributed by atoms with Gasteiger partial charge in [0.15, 0.2) is 10.7 Å². The van der Waals surface area contributed by atoms with E-state index in [1.807, 2.05) is 0 Å². The summed E-state index contributed by atoms with van der Waals surface area (Å²) in [6, 6.07) is 4.83. The molecule has 0 spiro atoms. The van der Waals surface area contributed by atoms with Crippen LogP contribution in [0.4, 0.5) is 0 Å². The van der Waals surface area contributed by atoms with Gasteiger partial charge in [0, 0.05) is 32.0 Å². The number of amides is 1. The van der Waals surface area contributed by atoms with Crippen LogP contribution in [0.15, 0.2) is 39.7 Å². The van der Waals surface area contributed by atoms with E-state index < -0.39 is 21.6 Å². The van der Waals surface area contributed by atoms with Crippen molar-refractivity contribution < 1.29 is 13.2 Å².